The molecule has 0 saturated heterocycles. The van der Waals surface area contributed by atoms with Crippen LogP contribution in [0.25, 0.3) is 55.8 Å². The van der Waals surface area contributed by atoms with Crippen molar-refractivity contribution < 1.29 is 9.13 Å². The number of hydrogen-bond donors (Lipinski definition) is 3. The summed E-state index contributed by atoms with van der Waals surface area (Å²) in [5, 5.41) is 8.45. The molecule has 0 bridgehead atoms. The van der Waals surface area contributed by atoms with Gasteiger partial charge >= 0.3 is 0 Å². The van der Waals surface area contributed by atoms with Crippen LogP contribution in [0.2, 0.25) is 0 Å². The van der Waals surface area contributed by atoms with Crippen molar-refractivity contribution in [3.8, 4) is 39.7 Å². The second-order valence-corrected chi connectivity index (χ2v) is 7.86. The highest BCUT2D eigenvalue weighted by Crippen LogP contribution is 2.33. The molecule has 0 fully saturated rings. The molecule has 0 spiro atoms. The van der Waals surface area contributed by atoms with Gasteiger partial charge in [-0.05, 0) is 42.0 Å². The van der Waals surface area contributed by atoms with Gasteiger partial charge in [0.05, 0.1) is 29.5 Å². The standard InChI is InChI=1S/C25H18FN7O/c1-34-18-8-14(6-16(26)10-18)22-24-21(4-5-29-22)30-25(31-24)23-19-9-13(2-3-20(19)32-33-23)15-7-17(27)12-28-11-15/h2-12H,27H2,1H3,(H,30,31)(H,32,33). The van der Waals surface area contributed by atoms with Crippen molar-refractivity contribution in [3.05, 3.63) is 72.9 Å². The highest BCUT2D eigenvalue weighted by molar-refractivity contribution is 5.97. The quantitative estimate of drug-likeness (QED) is 0.349. The van der Waals surface area contributed by atoms with Gasteiger partial charge in [-0.2, -0.15) is 5.10 Å². The van der Waals surface area contributed by atoms with E-state index in [1.165, 1.54) is 19.2 Å². The number of nitrogens with zero attached hydrogens (tertiary/aromatic N) is 4. The first-order valence-electron chi connectivity index (χ1n) is 10.5. The Morgan fingerprint density at radius 3 is 2.68 bits per heavy atom. The Kier molecular flexibility index (Phi) is 4.48. The summed E-state index contributed by atoms with van der Waals surface area (Å²) in [5.41, 5.74) is 12.4. The number of aromatic amines is 2. The minimum Gasteiger partial charge on any atom is -0.497 e. The van der Waals surface area contributed by atoms with Gasteiger partial charge in [0.25, 0.3) is 0 Å². The SMILES string of the molecule is COc1cc(F)cc(-c2nccc3[nH]c(-c4n[nH]c5ccc(-c6cncc(N)c6)cc45)nc23)c1. The molecule has 9 heteroatoms. The van der Waals surface area contributed by atoms with Crippen LogP contribution in [0.3, 0.4) is 0 Å². The molecule has 0 unspecified atom stereocenters. The van der Waals surface area contributed by atoms with Crippen LogP contribution in [-0.4, -0.2) is 37.2 Å². The van der Waals surface area contributed by atoms with E-state index in [1.807, 2.05) is 30.3 Å². The lowest BCUT2D eigenvalue weighted by Crippen LogP contribution is -1.90. The highest BCUT2D eigenvalue weighted by atomic mass is 19.1. The number of halogens is 1. The van der Waals surface area contributed by atoms with Gasteiger partial charge in [-0.1, -0.05) is 6.07 Å². The number of aromatic nitrogens is 6. The summed E-state index contributed by atoms with van der Waals surface area (Å²) in [4.78, 5) is 16.8. The number of H-pyrrole nitrogens is 2. The van der Waals surface area contributed by atoms with E-state index in [0.717, 1.165) is 27.5 Å². The third-order valence-corrected chi connectivity index (χ3v) is 5.66. The van der Waals surface area contributed by atoms with Crippen LogP contribution in [0.1, 0.15) is 0 Å². The molecule has 0 aliphatic carbocycles. The maximum absolute atomic E-state index is 14.1. The van der Waals surface area contributed by atoms with Crippen LogP contribution in [-0.2, 0) is 0 Å². The van der Waals surface area contributed by atoms with Gasteiger partial charge in [-0.3, -0.25) is 15.1 Å². The average molecular weight is 451 g/mol. The Morgan fingerprint density at radius 2 is 1.82 bits per heavy atom. The minimum absolute atomic E-state index is 0.409. The second-order valence-electron chi connectivity index (χ2n) is 7.86. The maximum Gasteiger partial charge on any atom is 0.159 e. The zero-order valence-corrected chi connectivity index (χ0v) is 18.0. The van der Waals surface area contributed by atoms with Crippen LogP contribution >= 0.6 is 0 Å². The van der Waals surface area contributed by atoms with Crippen LogP contribution in [0.5, 0.6) is 5.75 Å². The summed E-state index contributed by atoms with van der Waals surface area (Å²) in [6, 6.07) is 14.1. The summed E-state index contributed by atoms with van der Waals surface area (Å²) in [6.07, 6.45) is 5.04. The zero-order chi connectivity index (χ0) is 23.2. The molecule has 4 heterocycles. The smallest absolute Gasteiger partial charge is 0.159 e. The zero-order valence-electron chi connectivity index (χ0n) is 18.0. The second kappa shape index (κ2) is 7.66. The number of ether oxygens (including phenoxy) is 1. The van der Waals surface area contributed by atoms with Crippen molar-refractivity contribution in [3.63, 3.8) is 0 Å². The third kappa shape index (κ3) is 3.30. The number of nitrogens with two attached hydrogens (primary N) is 1. The van der Waals surface area contributed by atoms with Crippen LogP contribution in [0, 0.1) is 5.82 Å². The van der Waals surface area contributed by atoms with Crippen molar-refractivity contribution in [2.75, 3.05) is 12.8 Å². The summed E-state index contributed by atoms with van der Waals surface area (Å²) >= 11 is 0. The Bertz CT molecular complexity index is 1690. The molecule has 6 aromatic rings. The first kappa shape index (κ1) is 19.9. The molecule has 166 valence electrons. The lowest BCUT2D eigenvalue weighted by molar-refractivity contribution is 0.411. The number of anilines is 1. The number of pyridine rings is 2. The van der Waals surface area contributed by atoms with Gasteiger partial charge in [0, 0.05) is 41.2 Å². The molecular formula is C25H18FN7O. The normalized spacial score (nSPS) is 11.4. The Labute approximate surface area is 192 Å². The largest absolute Gasteiger partial charge is 0.497 e. The first-order valence-corrected chi connectivity index (χ1v) is 10.5. The van der Waals surface area contributed by atoms with Gasteiger partial charge in [0.1, 0.15) is 22.8 Å². The maximum atomic E-state index is 14.1. The molecule has 4 aromatic heterocycles. The van der Waals surface area contributed by atoms with E-state index in [2.05, 4.69) is 25.1 Å². The first-order chi connectivity index (χ1) is 16.6. The molecule has 0 radical (unpaired) electrons. The molecule has 4 N–H and O–H groups in total. The van der Waals surface area contributed by atoms with Crippen molar-refractivity contribution in [1.29, 1.82) is 0 Å². The van der Waals surface area contributed by atoms with Crippen LogP contribution in [0.4, 0.5) is 10.1 Å². The Morgan fingerprint density at radius 1 is 0.912 bits per heavy atom. The number of nitrogen functional groups attached to an aromatic ring is 1. The van der Waals surface area contributed by atoms with E-state index in [-0.39, 0.29) is 0 Å². The summed E-state index contributed by atoms with van der Waals surface area (Å²) in [6.45, 7) is 0. The predicted octanol–water partition coefficient (Wildman–Crippen LogP) is 4.96. The molecule has 0 saturated carbocycles. The number of benzene rings is 2. The highest BCUT2D eigenvalue weighted by Gasteiger charge is 2.17. The molecular weight excluding hydrogens is 433 g/mol. The van der Waals surface area contributed by atoms with E-state index in [1.54, 1.807) is 24.7 Å². The molecule has 8 nitrogen and oxygen atoms in total. The topological polar surface area (TPSA) is 118 Å². The molecule has 0 atom stereocenters. The number of methoxy groups -OCH3 is 1. The molecule has 0 amide bonds. The van der Waals surface area contributed by atoms with E-state index < -0.39 is 5.82 Å². The predicted molar refractivity (Wildman–Crippen MR) is 129 cm³/mol. The average Bonchev–Trinajstić information content (AvgIpc) is 3.47. The lowest BCUT2D eigenvalue weighted by atomic mass is 10.0. The van der Waals surface area contributed by atoms with Gasteiger partial charge in [0.15, 0.2) is 5.82 Å². The monoisotopic (exact) mass is 451 g/mol. The summed E-state index contributed by atoms with van der Waals surface area (Å²) in [5.74, 6) is 0.568. The summed E-state index contributed by atoms with van der Waals surface area (Å²) in [7, 11) is 1.50. The van der Waals surface area contributed by atoms with Crippen molar-refractivity contribution in [2.45, 2.75) is 0 Å². The molecule has 6 rings (SSSR count). The number of fused-ring (bicyclic) bond motifs is 2. The fourth-order valence-electron chi connectivity index (χ4n) is 4.07. The molecule has 34 heavy (non-hydrogen) atoms. The fraction of sp³-hybridized carbons (Fsp3) is 0.0400. The number of nitrogens with one attached hydrogen (secondary N) is 2. The molecule has 0 aliphatic heterocycles. The minimum atomic E-state index is -0.411. The van der Waals surface area contributed by atoms with Crippen LogP contribution in [0.15, 0.2) is 67.1 Å². The third-order valence-electron chi connectivity index (χ3n) is 5.66. The van der Waals surface area contributed by atoms with Crippen LogP contribution < -0.4 is 10.5 Å². The van der Waals surface area contributed by atoms with Crippen molar-refractivity contribution in [1.82, 2.24) is 30.1 Å². The number of rotatable bonds is 4. The number of hydrogen-bond acceptors (Lipinski definition) is 6. The van der Waals surface area contributed by atoms with Gasteiger partial charge in [-0.15, -0.1) is 0 Å². The lowest BCUT2D eigenvalue weighted by Gasteiger charge is -2.05. The van der Waals surface area contributed by atoms with Gasteiger partial charge in [-0.25, -0.2) is 9.37 Å². The molecule has 2 aromatic carbocycles. The Hall–Kier alpha value is -4.79. The van der Waals surface area contributed by atoms with E-state index in [9.17, 15) is 4.39 Å². The molecule has 0 aliphatic rings. The van der Waals surface area contributed by atoms with Crippen molar-refractivity contribution >= 4 is 27.6 Å². The summed E-state index contributed by atoms with van der Waals surface area (Å²) < 4.78 is 19.4. The van der Waals surface area contributed by atoms with E-state index in [4.69, 9.17) is 15.5 Å². The number of imidazole rings is 1. The fourth-order valence-corrected chi connectivity index (χ4v) is 4.07. The van der Waals surface area contributed by atoms with E-state index >= 15 is 0 Å². The van der Waals surface area contributed by atoms with Gasteiger partial charge in [0.2, 0.25) is 0 Å². The van der Waals surface area contributed by atoms with Crippen molar-refractivity contribution in [2.24, 2.45) is 0 Å². The van der Waals surface area contributed by atoms with E-state index in [0.29, 0.717) is 39.7 Å². The Balaban J connectivity index is 1.50. The van der Waals surface area contributed by atoms with Gasteiger partial charge < -0.3 is 15.5 Å².